The smallest absolute Gasteiger partial charge is 0.0506 e. The van der Waals surface area contributed by atoms with E-state index in [1.807, 2.05) is 0 Å². The van der Waals surface area contributed by atoms with Gasteiger partial charge in [0, 0.05) is 22.1 Å². The summed E-state index contributed by atoms with van der Waals surface area (Å²) in [6, 6.07) is 0.510. The second-order valence-corrected chi connectivity index (χ2v) is 8.31. The molecule has 0 aromatic carbocycles. The summed E-state index contributed by atoms with van der Waals surface area (Å²) < 4.78 is 13.0. The van der Waals surface area contributed by atoms with Crippen molar-refractivity contribution in [3.05, 3.63) is 0 Å². The maximum absolute atomic E-state index is 13.0. The Labute approximate surface area is 121 Å². The van der Waals surface area contributed by atoms with Crippen molar-refractivity contribution in [2.75, 3.05) is 6.54 Å². The summed E-state index contributed by atoms with van der Waals surface area (Å²) in [5, 5.41) is 4.52. The molecule has 19 heavy (non-hydrogen) atoms. The Kier molecular flexibility index (Phi) is 6.34. The molecule has 0 aliphatic heterocycles. The minimum absolute atomic E-state index is 0.418. The van der Waals surface area contributed by atoms with E-state index in [1.54, 1.807) is 0 Å². The van der Waals surface area contributed by atoms with Crippen LogP contribution in [0.2, 0.25) is 0 Å². The van der Waals surface area contributed by atoms with Crippen LogP contribution in [0.4, 0.5) is 0 Å². The third kappa shape index (κ3) is 4.04. The Bertz CT molecular complexity index is 288. The molecule has 3 heteroatoms. The van der Waals surface area contributed by atoms with Gasteiger partial charge in [-0.15, -0.1) is 0 Å². The SMILES string of the molecule is CCNC1CCC(CC)CC1S(=O)C1CCCCC1. The Balaban J connectivity index is 2.00. The van der Waals surface area contributed by atoms with Crippen LogP contribution >= 0.6 is 0 Å². The van der Waals surface area contributed by atoms with Gasteiger partial charge in [-0.3, -0.25) is 4.21 Å². The van der Waals surface area contributed by atoms with Crippen LogP contribution < -0.4 is 5.32 Å². The van der Waals surface area contributed by atoms with E-state index in [9.17, 15) is 4.21 Å². The van der Waals surface area contributed by atoms with Crippen LogP contribution in [-0.4, -0.2) is 27.3 Å². The van der Waals surface area contributed by atoms with Crippen LogP contribution in [0, 0.1) is 5.92 Å². The molecule has 2 aliphatic rings. The Morgan fingerprint density at radius 3 is 2.42 bits per heavy atom. The molecular weight excluding hydrogens is 254 g/mol. The van der Waals surface area contributed by atoms with Crippen molar-refractivity contribution in [2.24, 2.45) is 5.92 Å². The molecule has 0 saturated heterocycles. The minimum atomic E-state index is -0.609. The number of rotatable bonds is 5. The zero-order chi connectivity index (χ0) is 13.7. The van der Waals surface area contributed by atoms with Gasteiger partial charge in [-0.1, -0.05) is 39.5 Å². The second-order valence-electron chi connectivity index (χ2n) is 6.38. The number of hydrogen-bond acceptors (Lipinski definition) is 2. The summed E-state index contributed by atoms with van der Waals surface area (Å²) in [6.45, 7) is 5.48. The van der Waals surface area contributed by atoms with E-state index < -0.39 is 10.8 Å². The molecule has 4 unspecified atom stereocenters. The first-order chi connectivity index (χ1) is 9.26. The van der Waals surface area contributed by atoms with Crippen molar-refractivity contribution in [1.29, 1.82) is 0 Å². The van der Waals surface area contributed by atoms with Crippen LogP contribution in [0.25, 0.3) is 0 Å². The van der Waals surface area contributed by atoms with Crippen molar-refractivity contribution >= 4 is 10.8 Å². The van der Waals surface area contributed by atoms with Gasteiger partial charge in [-0.2, -0.15) is 0 Å². The van der Waals surface area contributed by atoms with Crippen molar-refractivity contribution in [1.82, 2.24) is 5.32 Å². The third-order valence-corrected chi connectivity index (χ3v) is 7.37. The lowest BCUT2D eigenvalue weighted by Crippen LogP contribution is -2.48. The average molecular weight is 285 g/mol. The quantitative estimate of drug-likeness (QED) is 0.836. The summed E-state index contributed by atoms with van der Waals surface area (Å²) in [5.41, 5.74) is 0. The molecule has 0 radical (unpaired) electrons. The standard InChI is InChI=1S/C16H31NOS/c1-3-13-10-11-15(17-4-2)16(12-13)19(18)14-8-6-5-7-9-14/h13-17H,3-12H2,1-2H3. The van der Waals surface area contributed by atoms with E-state index in [0.29, 0.717) is 16.5 Å². The third-order valence-electron chi connectivity index (χ3n) is 5.12. The largest absolute Gasteiger partial charge is 0.313 e. The summed E-state index contributed by atoms with van der Waals surface area (Å²) in [6.07, 6.45) is 11.4. The molecule has 0 heterocycles. The van der Waals surface area contributed by atoms with E-state index >= 15 is 0 Å². The van der Waals surface area contributed by atoms with Gasteiger partial charge >= 0.3 is 0 Å². The van der Waals surface area contributed by atoms with Gasteiger partial charge in [0.2, 0.25) is 0 Å². The fourth-order valence-electron chi connectivity index (χ4n) is 3.88. The fraction of sp³-hybridized carbons (Fsp3) is 1.00. The number of nitrogens with one attached hydrogen (secondary N) is 1. The molecule has 2 nitrogen and oxygen atoms in total. The topological polar surface area (TPSA) is 29.1 Å². The summed E-state index contributed by atoms with van der Waals surface area (Å²) in [7, 11) is -0.609. The van der Waals surface area contributed by atoms with Crippen molar-refractivity contribution in [2.45, 2.75) is 88.2 Å². The van der Waals surface area contributed by atoms with Gasteiger partial charge in [-0.05, 0) is 44.6 Å². The molecule has 112 valence electrons. The molecule has 2 saturated carbocycles. The minimum Gasteiger partial charge on any atom is -0.313 e. The van der Waals surface area contributed by atoms with E-state index in [2.05, 4.69) is 19.2 Å². The molecular formula is C16H31NOS. The lowest BCUT2D eigenvalue weighted by atomic mass is 9.84. The Morgan fingerprint density at radius 2 is 1.79 bits per heavy atom. The monoisotopic (exact) mass is 285 g/mol. The molecule has 0 bridgehead atoms. The lowest BCUT2D eigenvalue weighted by molar-refractivity contribution is 0.292. The molecule has 2 fully saturated rings. The van der Waals surface area contributed by atoms with E-state index in [-0.39, 0.29) is 0 Å². The molecule has 2 aliphatic carbocycles. The van der Waals surface area contributed by atoms with Crippen LogP contribution in [0.3, 0.4) is 0 Å². The number of hydrogen-bond donors (Lipinski definition) is 1. The maximum Gasteiger partial charge on any atom is 0.0506 e. The zero-order valence-corrected chi connectivity index (χ0v) is 13.5. The van der Waals surface area contributed by atoms with Crippen LogP contribution in [0.5, 0.6) is 0 Å². The molecule has 0 aromatic heterocycles. The highest BCUT2D eigenvalue weighted by atomic mass is 32.2. The van der Waals surface area contributed by atoms with Gasteiger partial charge in [0.25, 0.3) is 0 Å². The Morgan fingerprint density at radius 1 is 1.05 bits per heavy atom. The molecule has 0 amide bonds. The molecule has 0 spiro atoms. The van der Waals surface area contributed by atoms with Gasteiger partial charge in [0.1, 0.15) is 0 Å². The molecule has 1 N–H and O–H groups in total. The predicted molar refractivity (Wildman–Crippen MR) is 83.9 cm³/mol. The zero-order valence-electron chi connectivity index (χ0n) is 12.7. The highest BCUT2D eigenvalue weighted by Crippen LogP contribution is 2.34. The first-order valence-corrected chi connectivity index (χ1v) is 9.66. The normalized spacial score (nSPS) is 35.2. The average Bonchev–Trinajstić information content (AvgIpc) is 2.48. The highest BCUT2D eigenvalue weighted by molar-refractivity contribution is 7.86. The molecule has 0 aromatic rings. The summed E-state index contributed by atoms with van der Waals surface area (Å²) in [4.78, 5) is 0. The van der Waals surface area contributed by atoms with Gasteiger partial charge in [0.05, 0.1) is 5.25 Å². The van der Waals surface area contributed by atoms with E-state index in [4.69, 9.17) is 0 Å². The summed E-state index contributed by atoms with van der Waals surface area (Å²) >= 11 is 0. The van der Waals surface area contributed by atoms with Crippen LogP contribution in [0.1, 0.15) is 71.6 Å². The van der Waals surface area contributed by atoms with Crippen LogP contribution in [-0.2, 0) is 10.8 Å². The first kappa shape index (κ1) is 15.5. The van der Waals surface area contributed by atoms with Crippen molar-refractivity contribution in [3.63, 3.8) is 0 Å². The summed E-state index contributed by atoms with van der Waals surface area (Å²) in [5.74, 6) is 0.812. The van der Waals surface area contributed by atoms with E-state index in [1.165, 1.54) is 57.8 Å². The van der Waals surface area contributed by atoms with Crippen molar-refractivity contribution in [3.8, 4) is 0 Å². The van der Waals surface area contributed by atoms with Crippen molar-refractivity contribution < 1.29 is 4.21 Å². The second kappa shape index (κ2) is 7.78. The Hall–Kier alpha value is 0.110. The van der Waals surface area contributed by atoms with E-state index in [0.717, 1.165) is 12.5 Å². The fourth-order valence-corrected chi connectivity index (χ4v) is 6.19. The van der Waals surface area contributed by atoms with Gasteiger partial charge in [-0.25, -0.2) is 0 Å². The van der Waals surface area contributed by atoms with Gasteiger partial charge < -0.3 is 5.32 Å². The molecule has 2 rings (SSSR count). The predicted octanol–water partition coefficient (Wildman–Crippen LogP) is 3.62. The molecule has 4 atom stereocenters. The maximum atomic E-state index is 13.0. The first-order valence-electron chi connectivity index (χ1n) is 8.39. The highest BCUT2D eigenvalue weighted by Gasteiger charge is 2.36. The van der Waals surface area contributed by atoms with Gasteiger partial charge in [0.15, 0.2) is 0 Å². The lowest BCUT2D eigenvalue weighted by Gasteiger charge is -2.38. The van der Waals surface area contributed by atoms with Crippen LogP contribution in [0.15, 0.2) is 0 Å².